The molecule has 0 saturated heterocycles. The third-order valence-electron chi connectivity index (χ3n) is 3.99. The number of benzene rings is 2. The quantitative estimate of drug-likeness (QED) is 0.308. The lowest BCUT2D eigenvalue weighted by atomic mass is 10.0. The first kappa shape index (κ1) is 20.6. The standard InChI is InChI=1S/C23H28O4/c1-3-16-25-21-12-8-19(9-13-21)6-7-20-10-14-22(15-11-20)26-17-5-18-27-23(24)4-2/h4,8-15H,2-3,5-7,16-18H2,1H3. The van der Waals surface area contributed by atoms with Crippen LogP contribution in [0.1, 0.15) is 30.9 Å². The molecule has 0 saturated carbocycles. The highest BCUT2D eigenvalue weighted by Crippen LogP contribution is 2.16. The molecule has 0 unspecified atom stereocenters. The van der Waals surface area contributed by atoms with Crippen molar-refractivity contribution < 1.29 is 19.0 Å². The summed E-state index contributed by atoms with van der Waals surface area (Å²) >= 11 is 0. The van der Waals surface area contributed by atoms with Crippen molar-refractivity contribution in [3.63, 3.8) is 0 Å². The molecule has 2 aromatic carbocycles. The third kappa shape index (κ3) is 7.99. The van der Waals surface area contributed by atoms with Crippen LogP contribution in [0.2, 0.25) is 0 Å². The van der Waals surface area contributed by atoms with Gasteiger partial charge < -0.3 is 14.2 Å². The second kappa shape index (κ2) is 11.8. The number of carbonyl (C=O) groups excluding carboxylic acids is 1. The maximum absolute atomic E-state index is 10.9. The summed E-state index contributed by atoms with van der Waals surface area (Å²) in [5, 5.41) is 0. The van der Waals surface area contributed by atoms with Crippen LogP contribution in [-0.2, 0) is 22.4 Å². The Bertz CT molecular complexity index is 689. The van der Waals surface area contributed by atoms with Crippen molar-refractivity contribution in [3.8, 4) is 11.5 Å². The van der Waals surface area contributed by atoms with Gasteiger partial charge in [0, 0.05) is 12.5 Å². The van der Waals surface area contributed by atoms with Gasteiger partial charge in [0.1, 0.15) is 11.5 Å². The van der Waals surface area contributed by atoms with E-state index >= 15 is 0 Å². The normalized spacial score (nSPS) is 10.3. The van der Waals surface area contributed by atoms with Gasteiger partial charge in [-0.25, -0.2) is 4.79 Å². The average molecular weight is 368 g/mol. The molecule has 0 aliphatic carbocycles. The summed E-state index contributed by atoms with van der Waals surface area (Å²) in [7, 11) is 0. The van der Waals surface area contributed by atoms with Crippen LogP contribution in [0.3, 0.4) is 0 Å². The lowest BCUT2D eigenvalue weighted by molar-refractivity contribution is -0.137. The number of rotatable bonds is 12. The second-order valence-corrected chi connectivity index (χ2v) is 6.21. The monoisotopic (exact) mass is 368 g/mol. The highest BCUT2D eigenvalue weighted by atomic mass is 16.5. The summed E-state index contributed by atoms with van der Waals surface area (Å²) in [4.78, 5) is 10.9. The molecule has 0 amide bonds. The van der Waals surface area contributed by atoms with Crippen molar-refractivity contribution in [2.75, 3.05) is 19.8 Å². The Morgan fingerprint density at radius 2 is 1.37 bits per heavy atom. The lowest BCUT2D eigenvalue weighted by Gasteiger charge is -2.08. The van der Waals surface area contributed by atoms with E-state index in [1.807, 2.05) is 24.3 Å². The van der Waals surface area contributed by atoms with E-state index < -0.39 is 5.97 Å². The third-order valence-corrected chi connectivity index (χ3v) is 3.99. The van der Waals surface area contributed by atoms with Crippen molar-refractivity contribution in [2.24, 2.45) is 0 Å². The first-order valence-corrected chi connectivity index (χ1v) is 9.44. The van der Waals surface area contributed by atoms with E-state index in [2.05, 4.69) is 37.8 Å². The molecule has 0 atom stereocenters. The molecule has 0 bridgehead atoms. The Kier molecular flexibility index (Phi) is 8.98. The van der Waals surface area contributed by atoms with Gasteiger partial charge in [-0.1, -0.05) is 37.8 Å². The summed E-state index contributed by atoms with van der Waals surface area (Å²) < 4.78 is 16.2. The molecular weight excluding hydrogens is 340 g/mol. The predicted molar refractivity (Wildman–Crippen MR) is 107 cm³/mol. The lowest BCUT2D eigenvalue weighted by Crippen LogP contribution is -2.06. The Balaban J connectivity index is 1.69. The van der Waals surface area contributed by atoms with E-state index in [-0.39, 0.29) is 0 Å². The fourth-order valence-corrected chi connectivity index (χ4v) is 2.49. The zero-order valence-electron chi connectivity index (χ0n) is 16.0. The summed E-state index contributed by atoms with van der Waals surface area (Å²) in [6, 6.07) is 16.5. The molecular formula is C23H28O4. The number of carbonyl (C=O) groups is 1. The molecule has 2 rings (SSSR count). The van der Waals surface area contributed by atoms with Crippen molar-refractivity contribution in [1.82, 2.24) is 0 Å². The van der Waals surface area contributed by atoms with E-state index in [4.69, 9.17) is 14.2 Å². The molecule has 4 heteroatoms. The summed E-state index contributed by atoms with van der Waals surface area (Å²) in [6.45, 7) is 7.06. The van der Waals surface area contributed by atoms with Gasteiger partial charge in [0.05, 0.1) is 19.8 Å². The van der Waals surface area contributed by atoms with E-state index in [0.29, 0.717) is 19.6 Å². The minimum atomic E-state index is -0.400. The van der Waals surface area contributed by atoms with Crippen LogP contribution in [-0.4, -0.2) is 25.8 Å². The summed E-state index contributed by atoms with van der Waals surface area (Å²) in [6.07, 6.45) is 4.80. The van der Waals surface area contributed by atoms with Crippen LogP contribution in [0.15, 0.2) is 61.2 Å². The molecule has 4 nitrogen and oxygen atoms in total. The van der Waals surface area contributed by atoms with Gasteiger partial charge in [-0.05, 0) is 54.7 Å². The molecule has 0 heterocycles. The van der Waals surface area contributed by atoms with Gasteiger partial charge in [-0.15, -0.1) is 0 Å². The fraction of sp³-hybridized carbons (Fsp3) is 0.348. The number of esters is 1. The number of ether oxygens (including phenoxy) is 3. The predicted octanol–water partition coefficient (Wildman–Crippen LogP) is 4.76. The summed E-state index contributed by atoms with van der Waals surface area (Å²) in [5.74, 6) is 1.36. The Hall–Kier alpha value is -2.75. The van der Waals surface area contributed by atoms with Crippen LogP contribution in [0, 0.1) is 0 Å². The molecule has 0 aliphatic rings. The van der Waals surface area contributed by atoms with Gasteiger partial charge >= 0.3 is 5.97 Å². The van der Waals surface area contributed by atoms with Crippen LogP contribution < -0.4 is 9.47 Å². The van der Waals surface area contributed by atoms with Crippen LogP contribution >= 0.6 is 0 Å². The van der Waals surface area contributed by atoms with Crippen LogP contribution in [0.4, 0.5) is 0 Å². The Morgan fingerprint density at radius 1 is 0.852 bits per heavy atom. The number of hydrogen-bond acceptors (Lipinski definition) is 4. The van der Waals surface area contributed by atoms with E-state index in [0.717, 1.165) is 43.4 Å². The first-order valence-electron chi connectivity index (χ1n) is 9.44. The summed E-state index contributed by atoms with van der Waals surface area (Å²) in [5.41, 5.74) is 2.57. The molecule has 0 fully saturated rings. The highest BCUT2D eigenvalue weighted by molar-refractivity contribution is 5.81. The van der Waals surface area contributed by atoms with Crippen molar-refractivity contribution >= 4 is 5.97 Å². The van der Waals surface area contributed by atoms with Gasteiger partial charge in [-0.2, -0.15) is 0 Å². The van der Waals surface area contributed by atoms with Crippen molar-refractivity contribution in [1.29, 1.82) is 0 Å². The minimum absolute atomic E-state index is 0.339. The largest absolute Gasteiger partial charge is 0.494 e. The van der Waals surface area contributed by atoms with Gasteiger partial charge in [0.25, 0.3) is 0 Å². The van der Waals surface area contributed by atoms with E-state index in [9.17, 15) is 4.79 Å². The van der Waals surface area contributed by atoms with Crippen LogP contribution in [0.5, 0.6) is 11.5 Å². The number of aryl methyl sites for hydroxylation is 2. The molecule has 144 valence electrons. The molecule has 0 N–H and O–H groups in total. The maximum atomic E-state index is 10.9. The smallest absolute Gasteiger partial charge is 0.330 e. The Morgan fingerprint density at radius 3 is 1.85 bits per heavy atom. The molecule has 0 aliphatic heterocycles. The second-order valence-electron chi connectivity index (χ2n) is 6.21. The van der Waals surface area contributed by atoms with E-state index in [1.54, 1.807) is 0 Å². The molecule has 2 aromatic rings. The molecule has 27 heavy (non-hydrogen) atoms. The van der Waals surface area contributed by atoms with Gasteiger partial charge in [0.15, 0.2) is 0 Å². The Labute approximate surface area is 161 Å². The van der Waals surface area contributed by atoms with E-state index in [1.165, 1.54) is 11.1 Å². The van der Waals surface area contributed by atoms with Gasteiger partial charge in [0.2, 0.25) is 0 Å². The average Bonchev–Trinajstić information content (AvgIpc) is 2.72. The topological polar surface area (TPSA) is 44.8 Å². The first-order chi connectivity index (χ1) is 13.2. The molecule has 0 spiro atoms. The van der Waals surface area contributed by atoms with Crippen LogP contribution in [0.25, 0.3) is 0 Å². The maximum Gasteiger partial charge on any atom is 0.330 e. The zero-order valence-corrected chi connectivity index (χ0v) is 16.0. The van der Waals surface area contributed by atoms with Crippen molar-refractivity contribution in [2.45, 2.75) is 32.6 Å². The number of hydrogen-bond donors (Lipinski definition) is 0. The van der Waals surface area contributed by atoms with Crippen molar-refractivity contribution in [3.05, 3.63) is 72.3 Å². The molecule has 0 radical (unpaired) electrons. The van der Waals surface area contributed by atoms with Gasteiger partial charge in [-0.3, -0.25) is 0 Å². The SMILES string of the molecule is C=CC(=O)OCCCOc1ccc(CCc2ccc(OCCC)cc2)cc1. The fourth-order valence-electron chi connectivity index (χ4n) is 2.49. The highest BCUT2D eigenvalue weighted by Gasteiger charge is 2.00. The molecule has 0 aromatic heterocycles. The zero-order chi connectivity index (χ0) is 19.3. The minimum Gasteiger partial charge on any atom is -0.494 e.